The van der Waals surface area contributed by atoms with Gasteiger partial charge >= 0.3 is 6.01 Å². The van der Waals surface area contributed by atoms with Gasteiger partial charge in [0.25, 0.3) is 0 Å². The zero-order chi connectivity index (χ0) is 9.68. The average Bonchev–Trinajstić information content (AvgIpc) is 2.45. The summed E-state index contributed by atoms with van der Waals surface area (Å²) in [6.45, 7) is 7.15. The molecule has 0 saturated carbocycles. The predicted octanol–water partition coefficient (Wildman–Crippen LogP) is 2.23. The van der Waals surface area contributed by atoms with Crippen LogP contribution in [0.15, 0.2) is 4.52 Å². The van der Waals surface area contributed by atoms with Crippen molar-refractivity contribution in [2.75, 3.05) is 11.9 Å². The summed E-state index contributed by atoms with van der Waals surface area (Å²) in [7, 11) is 0. The topological polar surface area (TPSA) is 51.0 Å². The SMILES string of the molecule is Cc1noc(NCCCC(C)C)n1. The Balaban J connectivity index is 2.13. The Morgan fingerprint density at radius 2 is 2.23 bits per heavy atom. The van der Waals surface area contributed by atoms with Crippen LogP contribution in [0.5, 0.6) is 0 Å². The zero-order valence-corrected chi connectivity index (χ0v) is 8.50. The minimum absolute atomic E-state index is 0.529. The Labute approximate surface area is 78.7 Å². The number of aromatic nitrogens is 2. The molecular formula is C9H17N3O. The highest BCUT2D eigenvalue weighted by atomic mass is 16.5. The van der Waals surface area contributed by atoms with E-state index in [2.05, 4.69) is 29.3 Å². The first-order valence-corrected chi connectivity index (χ1v) is 4.72. The van der Waals surface area contributed by atoms with Crippen LogP contribution in [0.25, 0.3) is 0 Å². The van der Waals surface area contributed by atoms with E-state index in [-0.39, 0.29) is 0 Å². The largest absolute Gasteiger partial charge is 0.338 e. The van der Waals surface area contributed by atoms with Gasteiger partial charge in [-0.15, -0.1) is 0 Å². The lowest BCUT2D eigenvalue weighted by molar-refractivity contribution is 0.424. The molecule has 1 aromatic rings. The number of nitrogens with zero attached hydrogens (tertiary/aromatic N) is 2. The molecule has 0 aliphatic heterocycles. The second-order valence-electron chi connectivity index (χ2n) is 3.61. The van der Waals surface area contributed by atoms with Crippen molar-refractivity contribution in [3.63, 3.8) is 0 Å². The first-order chi connectivity index (χ1) is 6.18. The highest BCUT2D eigenvalue weighted by molar-refractivity contribution is 5.17. The van der Waals surface area contributed by atoms with E-state index in [9.17, 15) is 0 Å². The zero-order valence-electron chi connectivity index (χ0n) is 8.50. The van der Waals surface area contributed by atoms with Crippen molar-refractivity contribution in [3.8, 4) is 0 Å². The van der Waals surface area contributed by atoms with Crippen molar-refractivity contribution in [1.29, 1.82) is 0 Å². The van der Waals surface area contributed by atoms with E-state index in [1.54, 1.807) is 0 Å². The van der Waals surface area contributed by atoms with Gasteiger partial charge in [0.2, 0.25) is 0 Å². The summed E-state index contributed by atoms with van der Waals surface area (Å²) in [4.78, 5) is 4.04. The maximum absolute atomic E-state index is 4.90. The van der Waals surface area contributed by atoms with Gasteiger partial charge < -0.3 is 9.84 Å². The van der Waals surface area contributed by atoms with E-state index in [4.69, 9.17) is 4.52 Å². The summed E-state index contributed by atoms with van der Waals surface area (Å²) in [6, 6.07) is 0.529. The molecule has 0 saturated heterocycles. The number of rotatable bonds is 5. The molecule has 0 atom stereocenters. The lowest BCUT2D eigenvalue weighted by atomic mass is 10.1. The molecule has 0 radical (unpaired) electrons. The molecule has 1 aromatic heterocycles. The van der Waals surface area contributed by atoms with Gasteiger partial charge in [-0.25, -0.2) is 0 Å². The molecule has 0 aliphatic carbocycles. The van der Waals surface area contributed by atoms with Gasteiger partial charge in [-0.1, -0.05) is 19.0 Å². The van der Waals surface area contributed by atoms with E-state index in [0.717, 1.165) is 18.9 Å². The molecule has 0 amide bonds. The molecular weight excluding hydrogens is 166 g/mol. The van der Waals surface area contributed by atoms with E-state index in [0.29, 0.717) is 11.8 Å². The van der Waals surface area contributed by atoms with Gasteiger partial charge in [-0.2, -0.15) is 4.98 Å². The number of hydrogen-bond acceptors (Lipinski definition) is 4. The minimum Gasteiger partial charge on any atom is -0.338 e. The van der Waals surface area contributed by atoms with E-state index in [1.807, 2.05) is 6.92 Å². The summed E-state index contributed by atoms with van der Waals surface area (Å²) < 4.78 is 4.90. The van der Waals surface area contributed by atoms with Crippen LogP contribution in [0, 0.1) is 12.8 Å². The molecule has 0 bridgehead atoms. The molecule has 0 spiro atoms. The molecule has 4 nitrogen and oxygen atoms in total. The predicted molar refractivity (Wildman–Crippen MR) is 51.6 cm³/mol. The molecule has 74 valence electrons. The summed E-state index contributed by atoms with van der Waals surface area (Å²) in [5.74, 6) is 1.43. The van der Waals surface area contributed by atoms with Crippen molar-refractivity contribution in [2.45, 2.75) is 33.6 Å². The van der Waals surface area contributed by atoms with Crippen LogP contribution in [0.3, 0.4) is 0 Å². The fraction of sp³-hybridized carbons (Fsp3) is 0.778. The smallest absolute Gasteiger partial charge is 0.321 e. The van der Waals surface area contributed by atoms with E-state index in [1.165, 1.54) is 6.42 Å². The third kappa shape index (κ3) is 3.92. The van der Waals surface area contributed by atoms with Crippen molar-refractivity contribution in [3.05, 3.63) is 5.82 Å². The molecule has 0 aromatic carbocycles. The molecule has 1 rings (SSSR count). The van der Waals surface area contributed by atoms with Crippen LogP contribution >= 0.6 is 0 Å². The van der Waals surface area contributed by atoms with Crippen LogP contribution in [0.4, 0.5) is 6.01 Å². The lowest BCUT2D eigenvalue weighted by Gasteiger charge is -2.03. The first kappa shape index (κ1) is 10.0. The average molecular weight is 183 g/mol. The third-order valence-corrected chi connectivity index (χ3v) is 1.76. The Morgan fingerprint density at radius 3 is 2.77 bits per heavy atom. The summed E-state index contributed by atoms with van der Waals surface area (Å²) in [6.07, 6.45) is 2.36. The van der Waals surface area contributed by atoms with Crippen LogP contribution in [0.2, 0.25) is 0 Å². The molecule has 0 fully saturated rings. The van der Waals surface area contributed by atoms with Gasteiger partial charge in [-0.3, -0.25) is 0 Å². The third-order valence-electron chi connectivity index (χ3n) is 1.76. The van der Waals surface area contributed by atoms with Crippen LogP contribution in [-0.4, -0.2) is 16.7 Å². The standard InChI is InChI=1S/C9H17N3O/c1-7(2)5-4-6-10-9-11-8(3)12-13-9/h7H,4-6H2,1-3H3,(H,10,11,12). The molecule has 1 N–H and O–H groups in total. The molecule has 0 unspecified atom stereocenters. The highest BCUT2D eigenvalue weighted by Crippen LogP contribution is 2.05. The minimum atomic E-state index is 0.529. The van der Waals surface area contributed by atoms with Gasteiger partial charge in [0.1, 0.15) is 0 Å². The van der Waals surface area contributed by atoms with Crippen LogP contribution < -0.4 is 5.32 Å². The summed E-state index contributed by atoms with van der Waals surface area (Å²) in [5.41, 5.74) is 0. The van der Waals surface area contributed by atoms with Crippen molar-refractivity contribution in [1.82, 2.24) is 10.1 Å². The van der Waals surface area contributed by atoms with Crippen molar-refractivity contribution < 1.29 is 4.52 Å². The molecule has 1 heterocycles. The first-order valence-electron chi connectivity index (χ1n) is 4.72. The Kier molecular flexibility index (Phi) is 3.73. The summed E-state index contributed by atoms with van der Waals surface area (Å²) >= 11 is 0. The Morgan fingerprint density at radius 1 is 1.46 bits per heavy atom. The number of hydrogen-bond donors (Lipinski definition) is 1. The van der Waals surface area contributed by atoms with Crippen molar-refractivity contribution in [2.24, 2.45) is 5.92 Å². The van der Waals surface area contributed by atoms with Crippen LogP contribution in [0.1, 0.15) is 32.5 Å². The van der Waals surface area contributed by atoms with Gasteiger partial charge in [0, 0.05) is 6.54 Å². The van der Waals surface area contributed by atoms with E-state index < -0.39 is 0 Å². The summed E-state index contributed by atoms with van der Waals surface area (Å²) in [5, 5.41) is 6.76. The maximum atomic E-state index is 4.90. The van der Waals surface area contributed by atoms with Gasteiger partial charge in [-0.05, 0) is 25.7 Å². The quantitative estimate of drug-likeness (QED) is 0.711. The highest BCUT2D eigenvalue weighted by Gasteiger charge is 2.00. The number of nitrogens with one attached hydrogen (secondary N) is 1. The molecule has 13 heavy (non-hydrogen) atoms. The number of anilines is 1. The normalized spacial score (nSPS) is 10.8. The van der Waals surface area contributed by atoms with Gasteiger partial charge in [0.15, 0.2) is 5.82 Å². The Hall–Kier alpha value is -1.06. The molecule has 0 aliphatic rings. The fourth-order valence-electron chi connectivity index (χ4n) is 1.07. The number of aryl methyl sites for hydroxylation is 1. The maximum Gasteiger partial charge on any atom is 0.321 e. The van der Waals surface area contributed by atoms with E-state index >= 15 is 0 Å². The monoisotopic (exact) mass is 183 g/mol. The fourth-order valence-corrected chi connectivity index (χ4v) is 1.07. The lowest BCUT2D eigenvalue weighted by Crippen LogP contribution is -2.03. The Bertz CT molecular complexity index is 245. The second kappa shape index (κ2) is 4.84. The van der Waals surface area contributed by atoms with Crippen LogP contribution in [-0.2, 0) is 0 Å². The van der Waals surface area contributed by atoms with Gasteiger partial charge in [0.05, 0.1) is 0 Å². The second-order valence-corrected chi connectivity index (χ2v) is 3.61. The molecule has 4 heteroatoms. The van der Waals surface area contributed by atoms with Crippen molar-refractivity contribution >= 4 is 6.01 Å².